The molecule has 0 saturated carbocycles. The quantitative estimate of drug-likeness (QED) is 0.775. The summed E-state index contributed by atoms with van der Waals surface area (Å²) in [5.74, 6) is 0. The maximum Gasteiger partial charge on any atom is 0.0888 e. The van der Waals surface area contributed by atoms with E-state index in [9.17, 15) is 0 Å². The second-order valence-corrected chi connectivity index (χ2v) is 5.01. The van der Waals surface area contributed by atoms with Crippen molar-refractivity contribution < 1.29 is 4.74 Å². The molecule has 3 nitrogen and oxygen atoms in total. The molecule has 0 atom stereocenters. The highest BCUT2D eigenvalue weighted by Crippen LogP contribution is 2.12. The van der Waals surface area contributed by atoms with Crippen LogP contribution in [-0.4, -0.2) is 24.2 Å². The SMILES string of the molecule is CC(C)NCCCOCc1ccc2ccccc2n1. The first kappa shape index (κ1) is 14.0. The van der Waals surface area contributed by atoms with Crippen LogP contribution >= 0.6 is 0 Å². The standard InChI is InChI=1S/C16H22N2O/c1-13(2)17-10-5-11-19-12-15-9-8-14-6-3-4-7-16(14)18-15/h3-4,6-9,13,17H,5,10-12H2,1-2H3. The maximum absolute atomic E-state index is 5.65. The van der Waals surface area contributed by atoms with Crippen molar-refractivity contribution in [3.05, 3.63) is 42.1 Å². The molecule has 1 aromatic carbocycles. The predicted octanol–water partition coefficient (Wildman–Crippen LogP) is 3.14. The van der Waals surface area contributed by atoms with Crippen LogP contribution in [0.5, 0.6) is 0 Å². The molecule has 2 aromatic rings. The summed E-state index contributed by atoms with van der Waals surface area (Å²) in [4.78, 5) is 4.58. The van der Waals surface area contributed by atoms with E-state index in [2.05, 4.69) is 36.3 Å². The number of nitrogens with one attached hydrogen (secondary N) is 1. The van der Waals surface area contributed by atoms with Crippen LogP contribution in [0.1, 0.15) is 26.0 Å². The Kier molecular flexibility index (Phi) is 5.31. The van der Waals surface area contributed by atoms with E-state index >= 15 is 0 Å². The summed E-state index contributed by atoms with van der Waals surface area (Å²) < 4.78 is 5.65. The molecule has 0 spiro atoms. The Morgan fingerprint density at radius 2 is 2.00 bits per heavy atom. The Hall–Kier alpha value is -1.45. The molecule has 0 aliphatic rings. The fourth-order valence-corrected chi connectivity index (χ4v) is 1.93. The third-order valence-electron chi connectivity index (χ3n) is 2.92. The molecule has 19 heavy (non-hydrogen) atoms. The zero-order valence-electron chi connectivity index (χ0n) is 11.7. The highest BCUT2D eigenvalue weighted by molar-refractivity contribution is 5.78. The second-order valence-electron chi connectivity index (χ2n) is 5.01. The molecule has 0 fully saturated rings. The number of hydrogen-bond donors (Lipinski definition) is 1. The van der Waals surface area contributed by atoms with Crippen LogP contribution in [0, 0.1) is 0 Å². The lowest BCUT2D eigenvalue weighted by Crippen LogP contribution is -2.24. The van der Waals surface area contributed by atoms with Gasteiger partial charge in [0.2, 0.25) is 0 Å². The van der Waals surface area contributed by atoms with Gasteiger partial charge >= 0.3 is 0 Å². The van der Waals surface area contributed by atoms with Crippen molar-refractivity contribution in [3.8, 4) is 0 Å². The van der Waals surface area contributed by atoms with E-state index < -0.39 is 0 Å². The number of para-hydroxylation sites is 1. The molecule has 0 aliphatic carbocycles. The van der Waals surface area contributed by atoms with Gasteiger partial charge in [-0.3, -0.25) is 4.98 Å². The molecular weight excluding hydrogens is 236 g/mol. The fraction of sp³-hybridized carbons (Fsp3) is 0.438. The Labute approximate surface area is 115 Å². The van der Waals surface area contributed by atoms with Crippen LogP contribution in [0.15, 0.2) is 36.4 Å². The van der Waals surface area contributed by atoms with E-state index in [-0.39, 0.29) is 0 Å². The van der Waals surface area contributed by atoms with Gasteiger partial charge in [-0.25, -0.2) is 0 Å². The Balaban J connectivity index is 1.75. The molecule has 0 saturated heterocycles. The van der Waals surface area contributed by atoms with Crippen molar-refractivity contribution >= 4 is 10.9 Å². The molecule has 0 amide bonds. The molecule has 1 aromatic heterocycles. The van der Waals surface area contributed by atoms with E-state index in [4.69, 9.17) is 4.74 Å². The van der Waals surface area contributed by atoms with Crippen molar-refractivity contribution in [1.82, 2.24) is 10.3 Å². The number of pyridine rings is 1. The minimum atomic E-state index is 0.544. The van der Waals surface area contributed by atoms with Gasteiger partial charge in [0.1, 0.15) is 0 Å². The predicted molar refractivity (Wildman–Crippen MR) is 79.2 cm³/mol. The van der Waals surface area contributed by atoms with Crippen LogP contribution in [-0.2, 0) is 11.3 Å². The molecule has 1 heterocycles. The van der Waals surface area contributed by atoms with Gasteiger partial charge in [-0.1, -0.05) is 38.1 Å². The lowest BCUT2D eigenvalue weighted by Gasteiger charge is -2.08. The van der Waals surface area contributed by atoms with E-state index in [1.165, 1.54) is 5.39 Å². The third kappa shape index (κ3) is 4.62. The van der Waals surface area contributed by atoms with Crippen molar-refractivity contribution in [2.45, 2.75) is 32.9 Å². The van der Waals surface area contributed by atoms with E-state index in [1.54, 1.807) is 0 Å². The topological polar surface area (TPSA) is 34.1 Å². The molecule has 0 radical (unpaired) electrons. The van der Waals surface area contributed by atoms with Gasteiger partial charge in [0.25, 0.3) is 0 Å². The van der Waals surface area contributed by atoms with Gasteiger partial charge in [0.05, 0.1) is 17.8 Å². The number of aromatic nitrogens is 1. The van der Waals surface area contributed by atoms with E-state index in [0.717, 1.165) is 30.8 Å². The maximum atomic E-state index is 5.65. The molecule has 2 rings (SSSR count). The van der Waals surface area contributed by atoms with Crippen molar-refractivity contribution in [2.24, 2.45) is 0 Å². The van der Waals surface area contributed by atoms with Gasteiger partial charge in [-0.05, 0) is 25.1 Å². The summed E-state index contributed by atoms with van der Waals surface area (Å²) in [6, 6.07) is 12.8. The number of ether oxygens (including phenoxy) is 1. The summed E-state index contributed by atoms with van der Waals surface area (Å²) >= 11 is 0. The van der Waals surface area contributed by atoms with Crippen molar-refractivity contribution in [3.63, 3.8) is 0 Å². The van der Waals surface area contributed by atoms with Crippen LogP contribution in [0.3, 0.4) is 0 Å². The average molecular weight is 258 g/mol. The Morgan fingerprint density at radius 3 is 2.84 bits per heavy atom. The van der Waals surface area contributed by atoms with Crippen LogP contribution in [0.2, 0.25) is 0 Å². The molecule has 102 valence electrons. The first-order chi connectivity index (χ1) is 9.25. The molecule has 0 aliphatic heterocycles. The van der Waals surface area contributed by atoms with Gasteiger partial charge in [0, 0.05) is 18.0 Å². The van der Waals surface area contributed by atoms with Crippen LogP contribution in [0.25, 0.3) is 10.9 Å². The molecule has 0 bridgehead atoms. The van der Waals surface area contributed by atoms with Gasteiger partial charge in [-0.2, -0.15) is 0 Å². The molecule has 0 unspecified atom stereocenters. The zero-order chi connectivity index (χ0) is 13.5. The molecule has 1 N–H and O–H groups in total. The van der Waals surface area contributed by atoms with Crippen molar-refractivity contribution in [2.75, 3.05) is 13.2 Å². The lowest BCUT2D eigenvalue weighted by atomic mass is 10.2. The summed E-state index contributed by atoms with van der Waals surface area (Å²) in [5, 5.41) is 4.55. The molecule has 3 heteroatoms. The highest BCUT2D eigenvalue weighted by atomic mass is 16.5. The van der Waals surface area contributed by atoms with E-state index in [1.807, 2.05) is 24.3 Å². The number of benzene rings is 1. The highest BCUT2D eigenvalue weighted by Gasteiger charge is 1.98. The van der Waals surface area contributed by atoms with Gasteiger partial charge in [-0.15, -0.1) is 0 Å². The normalized spacial score (nSPS) is 11.3. The van der Waals surface area contributed by atoms with Crippen molar-refractivity contribution in [1.29, 1.82) is 0 Å². The number of rotatable bonds is 7. The van der Waals surface area contributed by atoms with Crippen LogP contribution in [0.4, 0.5) is 0 Å². The summed E-state index contributed by atoms with van der Waals surface area (Å²) in [5.41, 5.74) is 2.03. The third-order valence-corrected chi connectivity index (χ3v) is 2.92. The Morgan fingerprint density at radius 1 is 1.16 bits per heavy atom. The second kappa shape index (κ2) is 7.22. The monoisotopic (exact) mass is 258 g/mol. The smallest absolute Gasteiger partial charge is 0.0888 e. The molecular formula is C16H22N2O. The first-order valence-electron chi connectivity index (χ1n) is 6.91. The van der Waals surface area contributed by atoms with E-state index in [0.29, 0.717) is 12.6 Å². The Bertz CT molecular complexity index is 511. The summed E-state index contributed by atoms with van der Waals surface area (Å²) in [6.07, 6.45) is 1.03. The summed E-state index contributed by atoms with van der Waals surface area (Å²) in [7, 11) is 0. The average Bonchev–Trinajstić information content (AvgIpc) is 2.42. The lowest BCUT2D eigenvalue weighted by molar-refractivity contribution is 0.116. The minimum absolute atomic E-state index is 0.544. The first-order valence-corrected chi connectivity index (χ1v) is 6.91. The number of fused-ring (bicyclic) bond motifs is 1. The van der Waals surface area contributed by atoms with Gasteiger partial charge < -0.3 is 10.1 Å². The van der Waals surface area contributed by atoms with Crippen LogP contribution < -0.4 is 5.32 Å². The largest absolute Gasteiger partial charge is 0.375 e. The number of hydrogen-bond acceptors (Lipinski definition) is 3. The number of nitrogens with zero attached hydrogens (tertiary/aromatic N) is 1. The minimum Gasteiger partial charge on any atom is -0.375 e. The zero-order valence-corrected chi connectivity index (χ0v) is 11.7. The summed E-state index contributed by atoms with van der Waals surface area (Å²) in [6.45, 7) is 6.67. The van der Waals surface area contributed by atoms with Gasteiger partial charge in [0.15, 0.2) is 0 Å². The fourth-order valence-electron chi connectivity index (χ4n) is 1.93.